The number of aryl methyl sites for hydroxylation is 1. The van der Waals surface area contributed by atoms with E-state index in [2.05, 4.69) is 5.16 Å². The largest absolute Gasteiger partial charge is 0.416 e. The minimum atomic E-state index is -4.97. The highest BCUT2D eigenvalue weighted by Crippen LogP contribution is 2.36. The van der Waals surface area contributed by atoms with Crippen molar-refractivity contribution < 1.29 is 36.0 Å². The number of rotatable bonds is 6. The van der Waals surface area contributed by atoms with Crippen LogP contribution in [0.5, 0.6) is 0 Å². The lowest BCUT2D eigenvalue weighted by Gasteiger charge is -2.14. The van der Waals surface area contributed by atoms with E-state index in [1.54, 1.807) is 19.1 Å². The monoisotopic (exact) mass is 430 g/mol. The molecule has 0 saturated carbocycles. The molecule has 0 atom stereocenters. The van der Waals surface area contributed by atoms with Crippen molar-refractivity contribution in [2.45, 2.75) is 32.8 Å². The Balaban J connectivity index is 2.35. The second-order valence-corrected chi connectivity index (χ2v) is 6.38. The second-order valence-electron chi connectivity index (χ2n) is 6.38. The molecule has 0 radical (unpaired) electrons. The number of alkyl halides is 6. The summed E-state index contributed by atoms with van der Waals surface area (Å²) in [4.78, 5) is 16.0. The molecule has 0 aliphatic carbocycles. The Morgan fingerprint density at radius 3 is 2.13 bits per heavy atom. The summed E-state index contributed by atoms with van der Waals surface area (Å²) in [6.07, 6.45) is -9.60. The lowest BCUT2D eigenvalue weighted by Crippen LogP contribution is -2.13. The maximum absolute atomic E-state index is 13.0. The van der Waals surface area contributed by atoms with E-state index in [9.17, 15) is 31.1 Å². The third-order valence-corrected chi connectivity index (χ3v) is 4.23. The van der Waals surface area contributed by atoms with Gasteiger partial charge in [-0.2, -0.15) is 26.3 Å². The number of hydrogen-bond acceptors (Lipinski definition) is 4. The maximum Gasteiger partial charge on any atom is 0.416 e. The molecule has 0 amide bonds. The van der Waals surface area contributed by atoms with E-state index in [0.717, 1.165) is 0 Å². The standard InChI is InChI=1S/C20H16F6N2O2/c1-11-4-3-5-16(18(27)9-29)17(11)10-30-28-12(2)13-6-14(19(21,22)23)8-15(7-13)20(24,25)26/h3-9,27H,10H2,1-2H3/b27-18?,28-12+. The van der Waals surface area contributed by atoms with Gasteiger partial charge in [0.15, 0.2) is 6.29 Å². The molecule has 0 aromatic heterocycles. The van der Waals surface area contributed by atoms with Gasteiger partial charge in [0.05, 0.1) is 16.8 Å². The average Bonchev–Trinajstić information content (AvgIpc) is 2.66. The Kier molecular flexibility index (Phi) is 6.69. The quantitative estimate of drug-likeness (QED) is 0.283. The van der Waals surface area contributed by atoms with E-state index >= 15 is 0 Å². The van der Waals surface area contributed by atoms with E-state index < -0.39 is 29.0 Å². The van der Waals surface area contributed by atoms with Crippen molar-refractivity contribution in [1.29, 1.82) is 5.41 Å². The van der Waals surface area contributed by atoms with Gasteiger partial charge in [-0.3, -0.25) is 10.2 Å². The summed E-state index contributed by atoms with van der Waals surface area (Å²) in [6, 6.07) is 5.97. The number of nitrogens with zero attached hydrogens (tertiary/aromatic N) is 1. The lowest BCUT2D eigenvalue weighted by atomic mass is 9.99. The summed E-state index contributed by atoms with van der Waals surface area (Å²) in [5, 5.41) is 11.3. The van der Waals surface area contributed by atoms with Crippen LogP contribution in [-0.4, -0.2) is 17.7 Å². The predicted molar refractivity (Wildman–Crippen MR) is 97.5 cm³/mol. The third-order valence-electron chi connectivity index (χ3n) is 4.23. The van der Waals surface area contributed by atoms with Crippen molar-refractivity contribution in [3.8, 4) is 0 Å². The third kappa shape index (κ3) is 5.46. The molecule has 0 aliphatic heterocycles. The molecule has 0 aliphatic rings. The van der Waals surface area contributed by atoms with Crippen molar-refractivity contribution in [3.63, 3.8) is 0 Å². The number of halogens is 6. The van der Waals surface area contributed by atoms with Crippen LogP contribution in [-0.2, 0) is 28.6 Å². The number of hydrogen-bond donors (Lipinski definition) is 1. The molecule has 0 spiro atoms. The fourth-order valence-corrected chi connectivity index (χ4v) is 2.62. The topological polar surface area (TPSA) is 62.5 Å². The first kappa shape index (κ1) is 23.1. The zero-order chi connectivity index (χ0) is 22.7. The fraction of sp³-hybridized carbons (Fsp3) is 0.250. The van der Waals surface area contributed by atoms with Gasteiger partial charge in [-0.15, -0.1) is 0 Å². The number of carbonyl (C=O) groups excluding carboxylic acids is 1. The van der Waals surface area contributed by atoms with E-state index in [1.165, 1.54) is 13.0 Å². The van der Waals surface area contributed by atoms with Gasteiger partial charge in [0.2, 0.25) is 0 Å². The molecule has 1 N–H and O–H groups in total. The Bertz CT molecular complexity index is 962. The first-order valence-electron chi connectivity index (χ1n) is 8.43. The first-order chi connectivity index (χ1) is 13.8. The number of nitrogens with one attached hydrogen (secondary N) is 1. The van der Waals surface area contributed by atoms with Crippen LogP contribution < -0.4 is 0 Å². The van der Waals surface area contributed by atoms with Crippen LogP contribution in [0.1, 0.15) is 40.3 Å². The van der Waals surface area contributed by atoms with Gasteiger partial charge in [-0.1, -0.05) is 23.4 Å². The Labute approximate surface area is 167 Å². The van der Waals surface area contributed by atoms with Gasteiger partial charge in [0.1, 0.15) is 12.3 Å². The molecule has 2 rings (SSSR count). The van der Waals surface area contributed by atoms with Crippen molar-refractivity contribution in [1.82, 2.24) is 0 Å². The molecule has 160 valence electrons. The minimum absolute atomic E-state index is 0.0300. The van der Waals surface area contributed by atoms with Gasteiger partial charge >= 0.3 is 12.4 Å². The highest BCUT2D eigenvalue weighted by molar-refractivity contribution is 6.35. The van der Waals surface area contributed by atoms with Crippen molar-refractivity contribution in [3.05, 3.63) is 69.8 Å². The van der Waals surface area contributed by atoms with Crippen LogP contribution >= 0.6 is 0 Å². The van der Waals surface area contributed by atoms with Crippen LogP contribution in [0.4, 0.5) is 26.3 Å². The van der Waals surface area contributed by atoms with E-state index in [4.69, 9.17) is 10.2 Å². The highest BCUT2D eigenvalue weighted by Gasteiger charge is 2.37. The van der Waals surface area contributed by atoms with Gasteiger partial charge in [0, 0.05) is 16.7 Å². The molecular formula is C20H16F6N2O2. The van der Waals surface area contributed by atoms with Crippen LogP contribution in [0, 0.1) is 12.3 Å². The highest BCUT2D eigenvalue weighted by atomic mass is 19.4. The maximum atomic E-state index is 13.0. The molecule has 0 heterocycles. The summed E-state index contributed by atoms with van der Waals surface area (Å²) in [7, 11) is 0. The zero-order valence-corrected chi connectivity index (χ0v) is 15.8. The Hall–Kier alpha value is -3.17. The van der Waals surface area contributed by atoms with Gasteiger partial charge in [-0.05, 0) is 37.6 Å². The number of aldehydes is 1. The summed E-state index contributed by atoms with van der Waals surface area (Å²) >= 11 is 0. The first-order valence-corrected chi connectivity index (χ1v) is 8.43. The normalized spacial score (nSPS) is 12.6. The number of oxime groups is 1. The fourth-order valence-electron chi connectivity index (χ4n) is 2.62. The molecule has 0 bridgehead atoms. The molecule has 0 unspecified atom stereocenters. The summed E-state index contributed by atoms with van der Waals surface area (Å²) in [5.74, 6) is 0. The van der Waals surface area contributed by atoms with Gasteiger partial charge < -0.3 is 4.84 Å². The molecule has 0 saturated heterocycles. The van der Waals surface area contributed by atoms with Crippen molar-refractivity contribution in [2.24, 2.45) is 5.16 Å². The molecule has 4 nitrogen and oxygen atoms in total. The van der Waals surface area contributed by atoms with Gasteiger partial charge in [-0.25, -0.2) is 0 Å². The van der Waals surface area contributed by atoms with Crippen molar-refractivity contribution >= 4 is 17.7 Å². The Morgan fingerprint density at radius 2 is 1.63 bits per heavy atom. The SMILES string of the molecule is C/C(=N\OCc1c(C)cccc1C(=N)C=O)c1cc(C(F)(F)F)cc(C(F)(F)F)c1. The smallest absolute Gasteiger partial charge is 0.391 e. The van der Waals surface area contributed by atoms with Crippen LogP contribution in [0.3, 0.4) is 0 Å². The second kappa shape index (κ2) is 8.68. The summed E-state index contributed by atoms with van der Waals surface area (Å²) in [6.45, 7) is 2.67. The van der Waals surface area contributed by atoms with Crippen LogP contribution in [0.2, 0.25) is 0 Å². The number of carbonyl (C=O) groups is 1. The Morgan fingerprint density at radius 1 is 1.07 bits per heavy atom. The van der Waals surface area contributed by atoms with E-state index in [-0.39, 0.29) is 29.7 Å². The van der Waals surface area contributed by atoms with Crippen LogP contribution in [0.25, 0.3) is 0 Å². The lowest BCUT2D eigenvalue weighted by molar-refractivity contribution is -0.143. The van der Waals surface area contributed by atoms with E-state index in [0.29, 0.717) is 29.5 Å². The molecule has 0 fully saturated rings. The van der Waals surface area contributed by atoms with Gasteiger partial charge in [0.25, 0.3) is 0 Å². The molecule has 10 heteroatoms. The number of benzene rings is 2. The molecule has 30 heavy (non-hydrogen) atoms. The molecular weight excluding hydrogens is 414 g/mol. The van der Waals surface area contributed by atoms with Crippen LogP contribution in [0.15, 0.2) is 41.6 Å². The average molecular weight is 430 g/mol. The summed E-state index contributed by atoms with van der Waals surface area (Å²) in [5.41, 5.74) is -2.40. The minimum Gasteiger partial charge on any atom is -0.391 e. The zero-order valence-electron chi connectivity index (χ0n) is 15.8. The summed E-state index contributed by atoms with van der Waals surface area (Å²) < 4.78 is 77.9. The molecule has 2 aromatic carbocycles. The van der Waals surface area contributed by atoms with E-state index in [1.807, 2.05) is 0 Å². The predicted octanol–water partition coefficient (Wildman–Crippen LogP) is 5.54. The van der Waals surface area contributed by atoms with Crippen molar-refractivity contribution in [2.75, 3.05) is 0 Å². The molecule has 2 aromatic rings.